The number of nitrogens with zero attached hydrogens (tertiary/aromatic N) is 4. The Morgan fingerprint density at radius 2 is 1.79 bits per heavy atom. The highest BCUT2D eigenvalue weighted by molar-refractivity contribution is 5.76. The molecule has 11 heteroatoms. The summed E-state index contributed by atoms with van der Waals surface area (Å²) in [5, 5.41) is 24.8. The van der Waals surface area contributed by atoms with Crippen LogP contribution in [0.2, 0.25) is 0 Å². The molecule has 0 spiro atoms. The molecule has 3 aromatic rings. The lowest BCUT2D eigenvalue weighted by Crippen LogP contribution is -2.67. The minimum atomic E-state index is -0.500. The van der Waals surface area contributed by atoms with Gasteiger partial charge in [-0.2, -0.15) is 4.57 Å². The molecule has 0 aliphatic heterocycles. The molecule has 0 atom stereocenters. The summed E-state index contributed by atoms with van der Waals surface area (Å²) in [5.74, 6) is 3.26. The number of para-hydroxylation sites is 1. The number of carbonyl (C=O) groups is 3. The molecule has 0 saturated heterocycles. The van der Waals surface area contributed by atoms with Crippen molar-refractivity contribution in [3.8, 4) is 5.69 Å². The molecule has 0 fully saturated rings. The van der Waals surface area contributed by atoms with Gasteiger partial charge in [0, 0.05) is 24.6 Å². The number of hydrogen-bond acceptors (Lipinski definition) is 7. The molecule has 0 bridgehead atoms. The number of rotatable bonds is 5. The summed E-state index contributed by atoms with van der Waals surface area (Å²) >= 11 is 0. The summed E-state index contributed by atoms with van der Waals surface area (Å²) in [7, 11) is 0. The van der Waals surface area contributed by atoms with Gasteiger partial charge in [-0.05, 0) is 18.2 Å². The lowest BCUT2D eigenvalue weighted by Gasteiger charge is -1.99. The molecule has 0 aliphatic carbocycles. The van der Waals surface area contributed by atoms with E-state index in [0.29, 0.717) is 13.0 Å². The minimum absolute atomic E-state index is 0.113. The van der Waals surface area contributed by atoms with Crippen molar-refractivity contribution in [2.45, 2.75) is 13.0 Å². The van der Waals surface area contributed by atoms with E-state index < -0.39 is 12.9 Å². The Kier molecular flexibility index (Phi) is 10.4. The number of pyridine rings is 1. The number of benzene rings is 1. The van der Waals surface area contributed by atoms with Crippen molar-refractivity contribution in [3.05, 3.63) is 72.3 Å². The van der Waals surface area contributed by atoms with Crippen molar-refractivity contribution in [2.24, 2.45) is 0 Å². The molecule has 11 nitrogen and oxygen atoms in total. The van der Waals surface area contributed by atoms with Gasteiger partial charge in [-0.25, -0.2) is 10.1 Å². The van der Waals surface area contributed by atoms with Crippen molar-refractivity contribution in [2.75, 3.05) is 0 Å². The van der Waals surface area contributed by atoms with Crippen molar-refractivity contribution in [1.82, 2.24) is 20.4 Å². The summed E-state index contributed by atoms with van der Waals surface area (Å²) in [6.07, 6.45) is 6.07. The summed E-state index contributed by atoms with van der Waals surface area (Å²) in [6, 6.07) is 13.7. The largest absolute Gasteiger partial charge is 0.554 e. The third kappa shape index (κ3) is 8.41. The number of amides is 1. The molecule has 1 amide bonds. The zero-order chi connectivity index (χ0) is 21.5. The van der Waals surface area contributed by atoms with Gasteiger partial charge in [0.05, 0.1) is 18.3 Å². The first-order valence-electron chi connectivity index (χ1n) is 8.19. The van der Waals surface area contributed by atoms with Crippen LogP contribution in [-0.2, 0) is 27.3 Å². The number of hydrogen-bond donors (Lipinski definition) is 2. The van der Waals surface area contributed by atoms with Crippen molar-refractivity contribution in [1.29, 1.82) is 0 Å². The van der Waals surface area contributed by atoms with E-state index in [4.69, 9.17) is 19.8 Å². The van der Waals surface area contributed by atoms with Gasteiger partial charge in [-0.15, -0.1) is 5.10 Å². The normalized spacial score (nSPS) is 9.14. The van der Waals surface area contributed by atoms with Crippen LogP contribution in [0.3, 0.4) is 0 Å². The third-order valence-electron chi connectivity index (χ3n) is 3.39. The lowest BCUT2D eigenvalue weighted by molar-refractivity contribution is -0.689. The molecule has 0 unspecified atom stereocenters. The van der Waals surface area contributed by atoms with Crippen LogP contribution in [0.4, 0.5) is 0 Å². The van der Waals surface area contributed by atoms with Crippen molar-refractivity contribution < 1.29 is 35.0 Å². The van der Waals surface area contributed by atoms with Crippen LogP contribution in [0.1, 0.15) is 11.3 Å². The van der Waals surface area contributed by atoms with Crippen LogP contribution in [0, 0.1) is 0 Å². The summed E-state index contributed by atoms with van der Waals surface area (Å²) in [6.45, 7) is -0.410. The highest BCUT2D eigenvalue weighted by atomic mass is 16.3. The Hall–Kier alpha value is -4.12. The molecule has 2 aromatic heterocycles. The number of quaternary nitrogens is 1. The monoisotopic (exact) mass is 400 g/mol. The van der Waals surface area contributed by atoms with E-state index in [9.17, 15) is 4.79 Å². The summed E-state index contributed by atoms with van der Waals surface area (Å²) in [5.41, 5.74) is 5.12. The van der Waals surface area contributed by atoms with E-state index >= 15 is 0 Å². The third-order valence-corrected chi connectivity index (χ3v) is 3.39. The zero-order valence-corrected chi connectivity index (χ0v) is 15.4. The Morgan fingerprint density at radius 3 is 2.41 bits per heavy atom. The van der Waals surface area contributed by atoms with Gasteiger partial charge >= 0.3 is 0 Å². The topological polar surface area (TPSA) is 172 Å². The van der Waals surface area contributed by atoms with E-state index in [-0.39, 0.29) is 5.91 Å². The molecule has 3 rings (SSSR count). The van der Waals surface area contributed by atoms with Gasteiger partial charge in [0.1, 0.15) is 5.69 Å². The molecule has 0 aliphatic rings. The number of aromatic nitrogens is 4. The second-order valence-electron chi connectivity index (χ2n) is 5.34. The Morgan fingerprint density at radius 1 is 1.14 bits per heavy atom. The van der Waals surface area contributed by atoms with E-state index in [1.165, 1.54) is 0 Å². The molecule has 0 saturated carbocycles. The maximum absolute atomic E-state index is 11.4. The smallest absolute Gasteiger partial charge is 0.269 e. The number of nitrogens with one attached hydrogen (secondary N) is 1. The predicted octanol–water partition coefficient (Wildman–Crippen LogP) is -3.85. The first kappa shape index (κ1) is 22.9. The predicted molar refractivity (Wildman–Crippen MR) is 94.0 cm³/mol. The molecule has 29 heavy (non-hydrogen) atoms. The van der Waals surface area contributed by atoms with Crippen LogP contribution in [0.15, 0.2) is 61.1 Å². The van der Waals surface area contributed by atoms with E-state index in [2.05, 4.69) is 21.6 Å². The molecule has 1 aromatic carbocycles. The molecule has 2 heterocycles. The van der Waals surface area contributed by atoms with Gasteiger partial charge in [-0.3, -0.25) is 10.6 Å². The van der Waals surface area contributed by atoms with Crippen molar-refractivity contribution >= 4 is 18.9 Å². The Balaban J connectivity index is 0.000000626. The van der Waals surface area contributed by atoms with Gasteiger partial charge in [0.2, 0.25) is 0 Å². The first-order chi connectivity index (χ1) is 14.1. The quantitative estimate of drug-likeness (QED) is 0.251. The lowest BCUT2D eigenvalue weighted by atomic mass is 10.2. The van der Waals surface area contributed by atoms with Crippen LogP contribution in [0.5, 0.6) is 0 Å². The molecular weight excluding hydrogens is 380 g/mol. The summed E-state index contributed by atoms with van der Waals surface area (Å²) < 4.78 is 3.72. The van der Waals surface area contributed by atoms with Crippen LogP contribution >= 0.6 is 0 Å². The minimum Gasteiger partial charge on any atom is -0.554 e. The van der Waals surface area contributed by atoms with E-state index in [1.54, 1.807) is 4.68 Å². The van der Waals surface area contributed by atoms with E-state index in [0.717, 1.165) is 16.9 Å². The molecule has 0 radical (unpaired) electrons. The van der Waals surface area contributed by atoms with E-state index in [1.807, 2.05) is 65.6 Å². The molecule has 152 valence electrons. The molecule has 4 N–H and O–H groups in total. The maximum atomic E-state index is 11.4. The molecular formula is C18H20N6O5. The average molecular weight is 400 g/mol. The average Bonchev–Trinajstić information content (AvgIpc) is 3.18. The van der Waals surface area contributed by atoms with Gasteiger partial charge in [0.25, 0.3) is 5.91 Å². The number of carbonyl (C=O) groups excluding carboxylic acids is 3. The van der Waals surface area contributed by atoms with Crippen LogP contribution in [0.25, 0.3) is 5.69 Å². The van der Waals surface area contributed by atoms with Gasteiger partial charge in [0.15, 0.2) is 18.9 Å². The fourth-order valence-corrected chi connectivity index (χ4v) is 2.29. The number of carboxylic acid groups (broad SMARTS) is 2. The Labute approximate surface area is 166 Å². The first-order valence-corrected chi connectivity index (χ1v) is 8.19. The highest BCUT2D eigenvalue weighted by Gasteiger charge is 2.11. The standard InChI is InChI=1S/C16H16N6O.2CH2O2/c17-18-16(23)9-13-5-4-8-21(10-13)11-14-12-22(20-19-14)15-6-2-1-3-7-15;2*2-1-3/h1-8,10,12H,9,11H2,(H2-,17,18,19,20,23);2*1H,(H,2,3). The fourth-order valence-electron chi connectivity index (χ4n) is 2.29. The second-order valence-corrected chi connectivity index (χ2v) is 5.34. The zero-order valence-electron chi connectivity index (χ0n) is 15.4. The van der Waals surface area contributed by atoms with Crippen LogP contribution < -0.4 is 26.0 Å². The second kappa shape index (κ2) is 13.1. The summed E-state index contributed by atoms with van der Waals surface area (Å²) in [4.78, 5) is 27.9. The van der Waals surface area contributed by atoms with Gasteiger partial charge < -0.3 is 19.8 Å². The van der Waals surface area contributed by atoms with Crippen LogP contribution in [-0.4, -0.2) is 33.8 Å². The fraction of sp³-hybridized carbons (Fsp3) is 0.111. The van der Waals surface area contributed by atoms with Crippen molar-refractivity contribution in [3.63, 3.8) is 0 Å². The maximum Gasteiger partial charge on any atom is 0.269 e. The highest BCUT2D eigenvalue weighted by Crippen LogP contribution is 2.05. The SMILES string of the molecule is O=C[O-].O=C[O-].[NH3+]NC(=O)Cc1ccc[n+](Cc2cn(-c3ccccc3)nn2)c1. The van der Waals surface area contributed by atoms with Gasteiger partial charge in [-0.1, -0.05) is 23.4 Å². The Bertz CT molecular complexity index is 895.